The van der Waals surface area contributed by atoms with Crippen molar-refractivity contribution >= 4 is 11.6 Å². The van der Waals surface area contributed by atoms with Crippen molar-refractivity contribution < 1.29 is 4.52 Å². The average Bonchev–Trinajstić information content (AvgIpc) is 2.77. The molecule has 0 aliphatic carbocycles. The van der Waals surface area contributed by atoms with Crippen molar-refractivity contribution in [2.75, 3.05) is 0 Å². The smallest absolute Gasteiger partial charge is 0.213 e. The monoisotopic (exact) mass is 213 g/mol. The summed E-state index contributed by atoms with van der Waals surface area (Å²) in [4.78, 5) is 7.90. The molecule has 0 saturated carbocycles. The van der Waals surface area contributed by atoms with Crippen LogP contribution in [0.2, 0.25) is 5.15 Å². The molecule has 6 nitrogen and oxygen atoms in total. The molecule has 0 bridgehead atoms. The van der Waals surface area contributed by atoms with E-state index in [2.05, 4.69) is 19.6 Å². The van der Waals surface area contributed by atoms with E-state index in [0.717, 1.165) is 0 Å². The van der Waals surface area contributed by atoms with Crippen LogP contribution >= 0.6 is 11.6 Å². The van der Waals surface area contributed by atoms with Gasteiger partial charge in [-0.25, -0.2) is 4.98 Å². The van der Waals surface area contributed by atoms with Crippen LogP contribution in [0, 0.1) is 0 Å². The molecule has 0 fully saturated rings. The first-order valence-electron chi connectivity index (χ1n) is 3.89. The van der Waals surface area contributed by atoms with E-state index in [4.69, 9.17) is 17.3 Å². The first-order valence-corrected chi connectivity index (χ1v) is 4.27. The van der Waals surface area contributed by atoms with E-state index >= 15 is 0 Å². The van der Waals surface area contributed by atoms with Crippen molar-refractivity contribution in [1.82, 2.24) is 19.7 Å². The number of imidazole rings is 1. The van der Waals surface area contributed by atoms with Gasteiger partial charge in [0, 0.05) is 7.05 Å². The van der Waals surface area contributed by atoms with Gasteiger partial charge in [0.2, 0.25) is 6.39 Å². The lowest BCUT2D eigenvalue weighted by Gasteiger charge is -2.06. The van der Waals surface area contributed by atoms with Gasteiger partial charge in [-0.1, -0.05) is 16.8 Å². The van der Waals surface area contributed by atoms with Crippen LogP contribution in [0.3, 0.4) is 0 Å². The lowest BCUT2D eigenvalue weighted by molar-refractivity contribution is 0.406. The van der Waals surface area contributed by atoms with Crippen molar-refractivity contribution in [3.05, 3.63) is 29.4 Å². The zero-order valence-corrected chi connectivity index (χ0v) is 8.14. The molecule has 0 spiro atoms. The maximum atomic E-state index is 5.85. The maximum Gasteiger partial charge on any atom is 0.213 e. The third-order valence-corrected chi connectivity index (χ3v) is 2.25. The topological polar surface area (TPSA) is 82.8 Å². The van der Waals surface area contributed by atoms with Gasteiger partial charge < -0.3 is 14.8 Å². The van der Waals surface area contributed by atoms with Crippen LogP contribution in [-0.2, 0) is 7.05 Å². The Morgan fingerprint density at radius 2 is 2.36 bits per heavy atom. The zero-order valence-electron chi connectivity index (χ0n) is 7.38. The second kappa shape index (κ2) is 3.39. The highest BCUT2D eigenvalue weighted by Crippen LogP contribution is 2.17. The predicted octanol–water partition coefficient (Wildman–Crippen LogP) is 0.505. The molecule has 1 atom stereocenters. The van der Waals surface area contributed by atoms with Crippen molar-refractivity contribution in [2.45, 2.75) is 6.04 Å². The third-order valence-electron chi connectivity index (χ3n) is 1.90. The summed E-state index contributed by atoms with van der Waals surface area (Å²) in [6.07, 6.45) is 2.75. The number of nitrogens with zero attached hydrogens (tertiary/aromatic N) is 4. The molecule has 2 aromatic rings. The quantitative estimate of drug-likeness (QED) is 0.786. The summed E-state index contributed by atoms with van der Waals surface area (Å²) < 4.78 is 6.26. The number of hydrogen-bond donors (Lipinski definition) is 1. The van der Waals surface area contributed by atoms with Gasteiger partial charge in [-0.2, -0.15) is 4.98 Å². The van der Waals surface area contributed by atoms with Crippen LogP contribution in [-0.4, -0.2) is 19.7 Å². The van der Waals surface area contributed by atoms with E-state index in [1.54, 1.807) is 11.6 Å². The summed E-state index contributed by atoms with van der Waals surface area (Å²) in [7, 11) is 1.77. The molecular formula is C7H8ClN5O. The van der Waals surface area contributed by atoms with Crippen molar-refractivity contribution in [1.29, 1.82) is 0 Å². The van der Waals surface area contributed by atoms with E-state index in [0.29, 0.717) is 16.8 Å². The van der Waals surface area contributed by atoms with Gasteiger partial charge in [-0.3, -0.25) is 0 Å². The van der Waals surface area contributed by atoms with Gasteiger partial charge in [-0.15, -0.1) is 0 Å². The largest absolute Gasteiger partial charge is 0.343 e. The summed E-state index contributed by atoms with van der Waals surface area (Å²) in [6, 6.07) is -0.522. The van der Waals surface area contributed by atoms with Crippen LogP contribution in [0.15, 0.2) is 17.1 Å². The molecule has 1 unspecified atom stereocenters. The molecule has 0 saturated heterocycles. The standard InChI is InChI=1S/C7H8ClN5O/c1-13-4(8)2-10-7(13)5(9)6-11-3-14-12-6/h2-3,5H,9H2,1H3. The second-order valence-electron chi connectivity index (χ2n) is 2.77. The fourth-order valence-corrected chi connectivity index (χ4v) is 1.26. The molecule has 0 amide bonds. The first-order chi connectivity index (χ1) is 6.70. The van der Waals surface area contributed by atoms with Crippen LogP contribution < -0.4 is 5.73 Å². The molecular weight excluding hydrogens is 206 g/mol. The Bertz CT molecular complexity index is 423. The van der Waals surface area contributed by atoms with Gasteiger partial charge in [0.25, 0.3) is 0 Å². The molecule has 74 valence electrons. The van der Waals surface area contributed by atoms with Crippen molar-refractivity contribution in [3.63, 3.8) is 0 Å². The molecule has 2 aromatic heterocycles. The third kappa shape index (κ3) is 1.38. The van der Waals surface area contributed by atoms with E-state index < -0.39 is 6.04 Å². The molecule has 14 heavy (non-hydrogen) atoms. The minimum absolute atomic E-state index is 0.385. The molecule has 2 rings (SSSR count). The van der Waals surface area contributed by atoms with Crippen LogP contribution in [0.5, 0.6) is 0 Å². The van der Waals surface area contributed by atoms with Crippen LogP contribution in [0.1, 0.15) is 17.7 Å². The van der Waals surface area contributed by atoms with Gasteiger partial charge >= 0.3 is 0 Å². The lowest BCUT2D eigenvalue weighted by Crippen LogP contribution is -2.18. The van der Waals surface area contributed by atoms with Crippen molar-refractivity contribution in [3.8, 4) is 0 Å². The number of halogens is 1. The highest BCUT2D eigenvalue weighted by atomic mass is 35.5. The number of hydrogen-bond acceptors (Lipinski definition) is 5. The highest BCUT2D eigenvalue weighted by molar-refractivity contribution is 6.29. The van der Waals surface area contributed by atoms with E-state index in [-0.39, 0.29) is 0 Å². The second-order valence-corrected chi connectivity index (χ2v) is 3.15. The maximum absolute atomic E-state index is 5.85. The summed E-state index contributed by atoms with van der Waals surface area (Å²) in [5.41, 5.74) is 5.85. The molecule has 2 N–H and O–H groups in total. The molecule has 7 heteroatoms. The molecule has 0 aromatic carbocycles. The minimum Gasteiger partial charge on any atom is -0.343 e. The highest BCUT2D eigenvalue weighted by Gasteiger charge is 2.18. The molecule has 2 heterocycles. The number of rotatable bonds is 2. The average molecular weight is 214 g/mol. The van der Waals surface area contributed by atoms with Gasteiger partial charge in [0.05, 0.1) is 6.20 Å². The van der Waals surface area contributed by atoms with Gasteiger partial charge in [-0.05, 0) is 0 Å². The van der Waals surface area contributed by atoms with Crippen molar-refractivity contribution in [2.24, 2.45) is 12.8 Å². The summed E-state index contributed by atoms with van der Waals surface area (Å²) in [5.74, 6) is 0.978. The minimum atomic E-state index is -0.522. The lowest BCUT2D eigenvalue weighted by atomic mass is 10.3. The zero-order chi connectivity index (χ0) is 10.1. The Balaban J connectivity index is 2.36. The number of aromatic nitrogens is 4. The van der Waals surface area contributed by atoms with Crippen LogP contribution in [0.25, 0.3) is 0 Å². The fourth-order valence-electron chi connectivity index (χ4n) is 1.12. The fraction of sp³-hybridized carbons (Fsp3) is 0.286. The SMILES string of the molecule is Cn1c(Cl)cnc1C(N)c1ncon1. The molecule has 0 radical (unpaired) electrons. The molecule has 0 aliphatic heterocycles. The van der Waals surface area contributed by atoms with Gasteiger partial charge in [0.1, 0.15) is 17.0 Å². The Morgan fingerprint density at radius 3 is 2.86 bits per heavy atom. The predicted molar refractivity (Wildman–Crippen MR) is 48.5 cm³/mol. The van der Waals surface area contributed by atoms with E-state index in [1.807, 2.05) is 0 Å². The normalized spacial score (nSPS) is 13.1. The Hall–Kier alpha value is -1.40. The number of nitrogens with two attached hydrogens (primary N) is 1. The Morgan fingerprint density at radius 1 is 1.57 bits per heavy atom. The summed E-state index contributed by atoms with van der Waals surface area (Å²) in [5, 5.41) is 4.15. The Kier molecular flexibility index (Phi) is 2.22. The van der Waals surface area contributed by atoms with E-state index in [1.165, 1.54) is 12.6 Å². The molecule has 0 aliphatic rings. The van der Waals surface area contributed by atoms with Crippen LogP contribution in [0.4, 0.5) is 0 Å². The van der Waals surface area contributed by atoms with E-state index in [9.17, 15) is 0 Å². The summed E-state index contributed by atoms with van der Waals surface area (Å²) in [6.45, 7) is 0. The van der Waals surface area contributed by atoms with Gasteiger partial charge in [0.15, 0.2) is 5.82 Å². The first kappa shape index (κ1) is 9.17. The Labute approximate surface area is 84.7 Å². The summed E-state index contributed by atoms with van der Waals surface area (Å²) >= 11 is 5.82.